The van der Waals surface area contributed by atoms with E-state index in [1.165, 1.54) is 0 Å². The summed E-state index contributed by atoms with van der Waals surface area (Å²) in [6, 6.07) is 5.42. The fraction of sp³-hybridized carbons (Fsp3) is 0.650. The zero-order valence-electron chi connectivity index (χ0n) is 18.4. The molecule has 0 aliphatic heterocycles. The van der Waals surface area contributed by atoms with Crippen molar-refractivity contribution < 1.29 is 28.5 Å². The minimum atomic E-state index is -1.15. The summed E-state index contributed by atoms with van der Waals surface area (Å²) in [5.41, 5.74) is 0.323. The Labute approximate surface area is 171 Å². The summed E-state index contributed by atoms with van der Waals surface area (Å²) in [6.45, 7) is 15.2. The molecule has 6 nitrogen and oxygen atoms in total. The molecule has 0 saturated heterocycles. The average Bonchev–Trinajstić information content (AvgIpc) is 2.58. The van der Waals surface area contributed by atoms with Gasteiger partial charge in [0, 0.05) is 41.5 Å². The minimum absolute atomic E-state index is 0.0740. The normalized spacial score (nSPS) is 12.0. The third-order valence-corrected chi connectivity index (χ3v) is 7.43. The molecule has 8 heteroatoms. The van der Waals surface area contributed by atoms with Crippen molar-refractivity contribution >= 4 is 22.4 Å². The summed E-state index contributed by atoms with van der Waals surface area (Å²) >= 11 is 0. The molecule has 0 aromatic heterocycles. The summed E-state index contributed by atoms with van der Waals surface area (Å²) in [5.74, 6) is 1.29. The van der Waals surface area contributed by atoms with Crippen molar-refractivity contribution in [3.8, 4) is 17.2 Å². The molecule has 1 aromatic carbocycles. The van der Waals surface area contributed by atoms with Crippen molar-refractivity contribution in [3.63, 3.8) is 0 Å². The molecule has 160 valence electrons. The van der Waals surface area contributed by atoms with Crippen LogP contribution in [0.2, 0.25) is 51.4 Å². The Morgan fingerprint density at radius 2 is 1.25 bits per heavy atom. The van der Waals surface area contributed by atoms with E-state index >= 15 is 0 Å². The Morgan fingerprint density at radius 1 is 0.821 bits per heavy atom. The van der Waals surface area contributed by atoms with Gasteiger partial charge in [-0.25, -0.2) is 0 Å². The molecule has 0 fully saturated rings. The highest BCUT2D eigenvalue weighted by atomic mass is 28.3. The molecule has 0 radical (unpaired) electrons. The molecule has 0 saturated carbocycles. The molecule has 0 unspecified atom stereocenters. The maximum atomic E-state index is 11.6. The largest absolute Gasteiger partial charge is 0.496 e. The van der Waals surface area contributed by atoms with Crippen LogP contribution in [0.25, 0.3) is 0 Å². The van der Waals surface area contributed by atoms with E-state index in [0.717, 1.165) is 12.1 Å². The Balaban J connectivity index is 2.66. The van der Waals surface area contributed by atoms with Gasteiger partial charge in [-0.05, 0) is 12.1 Å². The first-order valence-corrected chi connectivity index (χ1v) is 17.1. The van der Waals surface area contributed by atoms with Crippen molar-refractivity contribution in [1.29, 1.82) is 0 Å². The Bertz CT molecular complexity index is 563. The van der Waals surface area contributed by atoms with Crippen molar-refractivity contribution in [2.75, 3.05) is 33.9 Å². The molecule has 28 heavy (non-hydrogen) atoms. The molecule has 0 bridgehead atoms. The van der Waals surface area contributed by atoms with Gasteiger partial charge in [-0.15, -0.1) is 0 Å². The zero-order valence-corrected chi connectivity index (χ0v) is 20.4. The maximum Gasteiger partial charge on any atom is 0.189 e. The molecule has 0 amide bonds. The number of rotatable bonds is 14. The van der Waals surface area contributed by atoms with E-state index in [1.54, 1.807) is 19.2 Å². The van der Waals surface area contributed by atoms with Crippen LogP contribution in [0, 0.1) is 0 Å². The zero-order chi connectivity index (χ0) is 21.2. The number of hydrogen-bond acceptors (Lipinski definition) is 6. The van der Waals surface area contributed by atoms with E-state index in [2.05, 4.69) is 39.3 Å². The number of ether oxygens (including phenoxy) is 5. The van der Waals surface area contributed by atoms with Crippen LogP contribution in [0.1, 0.15) is 10.4 Å². The van der Waals surface area contributed by atoms with Gasteiger partial charge < -0.3 is 23.7 Å². The molecule has 1 rings (SSSR count). The lowest BCUT2D eigenvalue weighted by molar-refractivity contribution is 0.0170. The predicted molar refractivity (Wildman–Crippen MR) is 118 cm³/mol. The summed E-state index contributed by atoms with van der Waals surface area (Å²) in [5, 5.41) is 0. The summed E-state index contributed by atoms with van der Waals surface area (Å²) in [4.78, 5) is 11.6. The molecule has 0 atom stereocenters. The van der Waals surface area contributed by atoms with E-state index < -0.39 is 16.1 Å². The van der Waals surface area contributed by atoms with Gasteiger partial charge in [-0.1, -0.05) is 39.3 Å². The lowest BCUT2D eigenvalue weighted by atomic mass is 10.2. The number of methoxy groups -OCH3 is 1. The summed E-state index contributed by atoms with van der Waals surface area (Å²) in [6.07, 6.45) is 0.717. The van der Waals surface area contributed by atoms with E-state index in [0.29, 0.717) is 42.3 Å². The van der Waals surface area contributed by atoms with E-state index in [4.69, 9.17) is 23.7 Å². The summed E-state index contributed by atoms with van der Waals surface area (Å²) < 4.78 is 27.8. The Kier molecular flexibility index (Phi) is 10.2. The first-order chi connectivity index (χ1) is 13.1. The van der Waals surface area contributed by atoms with Gasteiger partial charge in [0.05, 0.1) is 12.7 Å². The first-order valence-electron chi connectivity index (χ1n) is 9.64. The maximum absolute atomic E-state index is 11.6. The molecule has 0 spiro atoms. The van der Waals surface area contributed by atoms with Gasteiger partial charge in [-0.2, -0.15) is 0 Å². The van der Waals surface area contributed by atoms with E-state index in [9.17, 15) is 4.79 Å². The molecule has 1 aromatic rings. The van der Waals surface area contributed by atoms with Crippen LogP contribution in [0.3, 0.4) is 0 Å². The third kappa shape index (κ3) is 10.3. The number of aldehydes is 1. The lowest BCUT2D eigenvalue weighted by Crippen LogP contribution is -2.22. The highest BCUT2D eigenvalue weighted by Crippen LogP contribution is 2.33. The van der Waals surface area contributed by atoms with Crippen LogP contribution < -0.4 is 14.2 Å². The fourth-order valence-corrected chi connectivity index (χ4v) is 3.65. The highest BCUT2D eigenvalue weighted by Gasteiger charge is 2.16. The average molecular weight is 429 g/mol. The smallest absolute Gasteiger partial charge is 0.189 e. The molecular weight excluding hydrogens is 392 g/mol. The van der Waals surface area contributed by atoms with Gasteiger partial charge in [0.2, 0.25) is 0 Å². The molecule has 0 aliphatic rings. The SMILES string of the molecule is COc1cc(OCOCC[Si](C)(C)C)c(C=O)c(OCOCC[Si](C)(C)C)c1. The van der Waals surface area contributed by atoms with Gasteiger partial charge in [0.1, 0.15) is 17.2 Å². The molecule has 0 heterocycles. The van der Waals surface area contributed by atoms with Crippen molar-refractivity contribution in [1.82, 2.24) is 0 Å². The molecule has 0 aliphatic carbocycles. The number of carbonyl (C=O) groups excluding carboxylic acids is 1. The highest BCUT2D eigenvalue weighted by molar-refractivity contribution is 6.76. The topological polar surface area (TPSA) is 63.2 Å². The number of hydrogen-bond donors (Lipinski definition) is 0. The van der Waals surface area contributed by atoms with Crippen LogP contribution in [0.15, 0.2) is 12.1 Å². The molecular formula is C20H36O6Si2. The van der Waals surface area contributed by atoms with E-state index in [1.807, 2.05) is 0 Å². The Hall–Kier alpha value is -1.36. The second-order valence-corrected chi connectivity index (χ2v) is 20.4. The monoisotopic (exact) mass is 428 g/mol. The van der Waals surface area contributed by atoms with Gasteiger partial charge in [0.15, 0.2) is 19.9 Å². The van der Waals surface area contributed by atoms with Crippen LogP contribution in [0.5, 0.6) is 17.2 Å². The fourth-order valence-electron chi connectivity index (χ4n) is 2.13. The van der Waals surface area contributed by atoms with E-state index in [-0.39, 0.29) is 13.6 Å². The lowest BCUT2D eigenvalue weighted by Gasteiger charge is -2.18. The second-order valence-electron chi connectivity index (χ2n) is 9.12. The van der Waals surface area contributed by atoms with Gasteiger partial charge >= 0.3 is 0 Å². The van der Waals surface area contributed by atoms with Gasteiger partial charge in [0.25, 0.3) is 0 Å². The Morgan fingerprint density at radius 3 is 1.57 bits per heavy atom. The summed E-state index contributed by atoms with van der Waals surface area (Å²) in [7, 11) is -0.746. The molecule has 0 N–H and O–H groups in total. The van der Waals surface area contributed by atoms with Gasteiger partial charge in [-0.3, -0.25) is 4.79 Å². The second kappa shape index (κ2) is 11.6. The van der Waals surface area contributed by atoms with Crippen molar-refractivity contribution in [2.45, 2.75) is 51.4 Å². The first kappa shape index (κ1) is 24.7. The quantitative estimate of drug-likeness (QED) is 0.182. The van der Waals surface area contributed by atoms with Crippen LogP contribution >= 0.6 is 0 Å². The van der Waals surface area contributed by atoms with Crippen LogP contribution in [-0.4, -0.2) is 56.3 Å². The van der Waals surface area contributed by atoms with Crippen molar-refractivity contribution in [3.05, 3.63) is 17.7 Å². The predicted octanol–water partition coefficient (Wildman–Crippen LogP) is 4.89. The minimum Gasteiger partial charge on any atom is -0.496 e. The van der Waals surface area contributed by atoms with Crippen molar-refractivity contribution in [2.24, 2.45) is 0 Å². The van der Waals surface area contributed by atoms with Crippen LogP contribution in [0.4, 0.5) is 0 Å². The third-order valence-electron chi connectivity index (χ3n) is 4.02. The van der Waals surface area contributed by atoms with Crippen LogP contribution in [-0.2, 0) is 9.47 Å². The number of benzene rings is 1. The number of carbonyl (C=O) groups is 1. The standard InChI is InChI=1S/C20H36O6Si2/c1-22-17-12-19(25-15-23-8-10-27(2,3)4)18(14-21)20(13-17)26-16-24-9-11-28(5,6)7/h12-14H,8-11,15-16H2,1-7H3.